The van der Waals surface area contributed by atoms with Gasteiger partial charge in [-0.25, -0.2) is 0 Å². The van der Waals surface area contributed by atoms with Gasteiger partial charge in [0, 0.05) is 10.0 Å². The third kappa shape index (κ3) is 2.38. The second kappa shape index (κ2) is 4.88. The van der Waals surface area contributed by atoms with Crippen molar-refractivity contribution < 1.29 is 0 Å². The van der Waals surface area contributed by atoms with E-state index >= 15 is 0 Å². The maximum absolute atomic E-state index is 6.14. The summed E-state index contributed by atoms with van der Waals surface area (Å²) in [5.74, 6) is 0. The average Bonchev–Trinajstić information content (AvgIpc) is 2.29. The van der Waals surface area contributed by atoms with Crippen LogP contribution in [-0.4, -0.2) is 0 Å². The second-order valence-corrected chi connectivity index (χ2v) is 4.40. The molecule has 0 saturated carbocycles. The lowest BCUT2D eigenvalue weighted by Gasteiger charge is -2.14. The van der Waals surface area contributed by atoms with E-state index in [1.807, 2.05) is 36.4 Å². The lowest BCUT2D eigenvalue weighted by atomic mass is 10.00. The smallest absolute Gasteiger partial charge is 0.0566 e. The van der Waals surface area contributed by atoms with Crippen LogP contribution in [0, 0.1) is 0 Å². The molecule has 0 unspecified atom stereocenters. The Bertz CT molecular complexity index is 483. The highest BCUT2D eigenvalue weighted by atomic mass is 35.5. The average molecular weight is 252 g/mol. The molecule has 2 rings (SSSR count). The molecule has 82 valence electrons. The molecule has 0 aliphatic heterocycles. The van der Waals surface area contributed by atoms with Crippen LogP contribution in [0.15, 0.2) is 48.5 Å². The molecule has 2 aromatic rings. The first-order valence-corrected chi connectivity index (χ1v) is 5.69. The van der Waals surface area contributed by atoms with Crippen LogP contribution in [0.5, 0.6) is 0 Å². The van der Waals surface area contributed by atoms with Gasteiger partial charge >= 0.3 is 0 Å². The minimum absolute atomic E-state index is 0.217. The van der Waals surface area contributed by atoms with Crippen molar-refractivity contribution in [2.45, 2.75) is 6.04 Å². The Morgan fingerprint density at radius 2 is 1.62 bits per heavy atom. The van der Waals surface area contributed by atoms with Crippen LogP contribution in [0.3, 0.4) is 0 Å². The highest BCUT2D eigenvalue weighted by molar-refractivity contribution is 6.35. The van der Waals surface area contributed by atoms with Gasteiger partial charge in [0.25, 0.3) is 0 Å². The van der Waals surface area contributed by atoms with Crippen molar-refractivity contribution in [1.29, 1.82) is 0 Å². The van der Waals surface area contributed by atoms with Crippen molar-refractivity contribution in [3.05, 3.63) is 69.7 Å². The van der Waals surface area contributed by atoms with Crippen LogP contribution in [0.1, 0.15) is 17.2 Å². The molecule has 1 nitrogen and oxygen atoms in total. The van der Waals surface area contributed by atoms with Gasteiger partial charge in [-0.1, -0.05) is 59.6 Å². The summed E-state index contributed by atoms with van der Waals surface area (Å²) < 4.78 is 0. The van der Waals surface area contributed by atoms with Crippen LogP contribution in [-0.2, 0) is 0 Å². The van der Waals surface area contributed by atoms with Crippen molar-refractivity contribution in [3.63, 3.8) is 0 Å². The third-order valence-electron chi connectivity index (χ3n) is 2.46. The summed E-state index contributed by atoms with van der Waals surface area (Å²) >= 11 is 12.0. The molecule has 0 bridgehead atoms. The first-order valence-electron chi connectivity index (χ1n) is 4.94. The molecule has 0 saturated heterocycles. The van der Waals surface area contributed by atoms with E-state index in [9.17, 15) is 0 Å². The summed E-state index contributed by atoms with van der Waals surface area (Å²) in [4.78, 5) is 0. The molecule has 0 fully saturated rings. The van der Waals surface area contributed by atoms with Gasteiger partial charge in [-0.15, -0.1) is 0 Å². The minimum atomic E-state index is -0.217. The van der Waals surface area contributed by atoms with E-state index in [0.717, 1.165) is 11.1 Å². The standard InChI is InChI=1S/C13H11Cl2N/c14-10-6-7-11(12(15)8-10)13(16)9-4-2-1-3-5-9/h1-8,13H,16H2/t13-/m1/s1. The van der Waals surface area contributed by atoms with Crippen molar-refractivity contribution in [1.82, 2.24) is 0 Å². The van der Waals surface area contributed by atoms with Gasteiger partial charge in [-0.2, -0.15) is 0 Å². The largest absolute Gasteiger partial charge is 0.320 e. The van der Waals surface area contributed by atoms with Gasteiger partial charge in [0.1, 0.15) is 0 Å². The molecule has 0 aliphatic rings. The zero-order valence-corrected chi connectivity index (χ0v) is 10.0. The van der Waals surface area contributed by atoms with Gasteiger partial charge in [0.05, 0.1) is 6.04 Å². The zero-order chi connectivity index (χ0) is 11.5. The summed E-state index contributed by atoms with van der Waals surface area (Å²) in [6.45, 7) is 0. The van der Waals surface area contributed by atoms with E-state index in [2.05, 4.69) is 0 Å². The third-order valence-corrected chi connectivity index (χ3v) is 3.02. The SMILES string of the molecule is N[C@H](c1ccccc1)c1ccc(Cl)cc1Cl. The summed E-state index contributed by atoms with van der Waals surface area (Å²) in [7, 11) is 0. The Morgan fingerprint density at radius 3 is 2.25 bits per heavy atom. The number of benzene rings is 2. The van der Waals surface area contributed by atoms with Gasteiger partial charge in [0.15, 0.2) is 0 Å². The Hall–Kier alpha value is -1.02. The van der Waals surface area contributed by atoms with Crippen molar-refractivity contribution in [3.8, 4) is 0 Å². The predicted molar refractivity (Wildman–Crippen MR) is 68.9 cm³/mol. The molecular formula is C13H11Cl2N. The normalized spacial score (nSPS) is 12.4. The minimum Gasteiger partial charge on any atom is -0.320 e. The molecule has 0 amide bonds. The first-order chi connectivity index (χ1) is 7.68. The van der Waals surface area contributed by atoms with E-state index in [0.29, 0.717) is 10.0 Å². The summed E-state index contributed by atoms with van der Waals surface area (Å²) in [5.41, 5.74) is 8.06. The lowest BCUT2D eigenvalue weighted by Crippen LogP contribution is -2.12. The Balaban J connectivity index is 2.38. The second-order valence-electron chi connectivity index (χ2n) is 3.55. The van der Waals surface area contributed by atoms with Crippen LogP contribution >= 0.6 is 23.2 Å². The molecule has 16 heavy (non-hydrogen) atoms. The quantitative estimate of drug-likeness (QED) is 0.857. The molecular weight excluding hydrogens is 241 g/mol. The van der Waals surface area contributed by atoms with E-state index in [1.54, 1.807) is 12.1 Å². The fourth-order valence-electron chi connectivity index (χ4n) is 1.59. The molecule has 0 radical (unpaired) electrons. The number of halogens is 2. The zero-order valence-electron chi connectivity index (χ0n) is 8.53. The van der Waals surface area contributed by atoms with Crippen LogP contribution in [0.2, 0.25) is 10.0 Å². The number of rotatable bonds is 2. The number of hydrogen-bond acceptors (Lipinski definition) is 1. The van der Waals surface area contributed by atoms with Gasteiger partial charge in [-0.3, -0.25) is 0 Å². The predicted octanol–water partition coefficient (Wildman–Crippen LogP) is 4.04. The maximum atomic E-state index is 6.14. The molecule has 0 aromatic heterocycles. The van der Waals surface area contributed by atoms with Crippen molar-refractivity contribution in [2.24, 2.45) is 5.73 Å². The fraction of sp³-hybridized carbons (Fsp3) is 0.0769. The number of nitrogens with two attached hydrogens (primary N) is 1. The molecule has 2 aromatic carbocycles. The van der Waals surface area contributed by atoms with Gasteiger partial charge in [-0.05, 0) is 23.3 Å². The molecule has 1 atom stereocenters. The molecule has 0 spiro atoms. The van der Waals surface area contributed by atoms with E-state index < -0.39 is 0 Å². The van der Waals surface area contributed by atoms with E-state index in [1.165, 1.54) is 0 Å². The summed E-state index contributed by atoms with van der Waals surface area (Å²) in [6, 6.07) is 15.0. The van der Waals surface area contributed by atoms with Crippen LogP contribution in [0.4, 0.5) is 0 Å². The fourth-order valence-corrected chi connectivity index (χ4v) is 2.12. The van der Waals surface area contributed by atoms with Crippen LogP contribution in [0.25, 0.3) is 0 Å². The monoisotopic (exact) mass is 251 g/mol. The Morgan fingerprint density at radius 1 is 0.938 bits per heavy atom. The highest BCUT2D eigenvalue weighted by Crippen LogP contribution is 2.28. The Kier molecular flexibility index (Phi) is 3.49. The molecule has 2 N–H and O–H groups in total. The van der Waals surface area contributed by atoms with Crippen LogP contribution < -0.4 is 5.73 Å². The maximum Gasteiger partial charge on any atom is 0.0566 e. The highest BCUT2D eigenvalue weighted by Gasteiger charge is 2.11. The number of hydrogen-bond donors (Lipinski definition) is 1. The van der Waals surface area contributed by atoms with Gasteiger partial charge in [0.2, 0.25) is 0 Å². The summed E-state index contributed by atoms with van der Waals surface area (Å²) in [6.07, 6.45) is 0. The van der Waals surface area contributed by atoms with Crippen molar-refractivity contribution >= 4 is 23.2 Å². The van der Waals surface area contributed by atoms with Crippen molar-refractivity contribution in [2.75, 3.05) is 0 Å². The Labute approximate surface area is 105 Å². The molecule has 3 heteroatoms. The lowest BCUT2D eigenvalue weighted by molar-refractivity contribution is 0.872. The molecule has 0 aliphatic carbocycles. The van der Waals surface area contributed by atoms with Gasteiger partial charge < -0.3 is 5.73 Å². The van der Waals surface area contributed by atoms with E-state index in [4.69, 9.17) is 28.9 Å². The van der Waals surface area contributed by atoms with E-state index in [-0.39, 0.29) is 6.04 Å². The summed E-state index contributed by atoms with van der Waals surface area (Å²) in [5, 5.41) is 1.22. The topological polar surface area (TPSA) is 26.0 Å². The first kappa shape index (κ1) is 11.5. The molecule has 0 heterocycles.